The molecule has 1 aromatic rings. The lowest BCUT2D eigenvalue weighted by atomic mass is 10.1. The van der Waals surface area contributed by atoms with Gasteiger partial charge in [0, 0.05) is 18.8 Å². The van der Waals surface area contributed by atoms with Gasteiger partial charge in [-0.05, 0) is 36.5 Å². The standard InChI is InChI=1S/C15H23N3O/c16-14-7-3-6-13(8-14)10-18(11-15(17)19)9-12-4-1-2-5-12/h3,6-8,12H,1-2,4-5,9-11,16H2,(H2,17,19). The van der Waals surface area contributed by atoms with Crippen molar-refractivity contribution in [2.45, 2.75) is 32.2 Å². The summed E-state index contributed by atoms with van der Waals surface area (Å²) in [5.74, 6) is 0.447. The number of hydrogen-bond donors (Lipinski definition) is 2. The van der Waals surface area contributed by atoms with Gasteiger partial charge in [-0.3, -0.25) is 9.69 Å². The number of primary amides is 1. The van der Waals surface area contributed by atoms with Gasteiger partial charge >= 0.3 is 0 Å². The Kier molecular flexibility index (Phi) is 4.80. The first-order valence-electron chi connectivity index (χ1n) is 6.98. The van der Waals surface area contributed by atoms with Gasteiger partial charge in [-0.15, -0.1) is 0 Å². The molecule has 4 heteroatoms. The monoisotopic (exact) mass is 261 g/mol. The van der Waals surface area contributed by atoms with Crippen LogP contribution in [-0.2, 0) is 11.3 Å². The Labute approximate surface area is 114 Å². The molecule has 1 saturated carbocycles. The summed E-state index contributed by atoms with van der Waals surface area (Å²) in [5, 5.41) is 0. The molecule has 0 heterocycles. The van der Waals surface area contributed by atoms with E-state index in [9.17, 15) is 4.79 Å². The molecule has 2 rings (SSSR count). The molecule has 0 radical (unpaired) electrons. The summed E-state index contributed by atoms with van der Waals surface area (Å²) >= 11 is 0. The third-order valence-corrected chi connectivity index (χ3v) is 3.73. The molecule has 0 unspecified atom stereocenters. The second-order valence-corrected chi connectivity index (χ2v) is 5.53. The third kappa shape index (κ3) is 4.56. The molecule has 4 nitrogen and oxygen atoms in total. The number of carbonyl (C=O) groups is 1. The molecular weight excluding hydrogens is 238 g/mol. The molecule has 4 N–H and O–H groups in total. The molecule has 0 spiro atoms. The van der Waals surface area contributed by atoms with Gasteiger partial charge in [0.2, 0.25) is 5.91 Å². The summed E-state index contributed by atoms with van der Waals surface area (Å²) in [6, 6.07) is 7.82. The lowest BCUT2D eigenvalue weighted by Gasteiger charge is -2.24. The van der Waals surface area contributed by atoms with E-state index in [-0.39, 0.29) is 5.91 Å². The minimum absolute atomic E-state index is 0.262. The van der Waals surface area contributed by atoms with Crippen LogP contribution in [0.25, 0.3) is 0 Å². The Morgan fingerprint density at radius 1 is 1.32 bits per heavy atom. The zero-order valence-electron chi connectivity index (χ0n) is 11.3. The summed E-state index contributed by atoms with van der Waals surface area (Å²) in [6.07, 6.45) is 5.17. The molecule has 0 atom stereocenters. The highest BCUT2D eigenvalue weighted by atomic mass is 16.1. The van der Waals surface area contributed by atoms with Crippen LogP contribution in [0.5, 0.6) is 0 Å². The Morgan fingerprint density at radius 2 is 2.05 bits per heavy atom. The highest BCUT2D eigenvalue weighted by Crippen LogP contribution is 2.26. The summed E-state index contributed by atoms with van der Waals surface area (Å²) in [7, 11) is 0. The number of anilines is 1. The predicted molar refractivity (Wildman–Crippen MR) is 77.3 cm³/mol. The maximum atomic E-state index is 11.2. The van der Waals surface area contributed by atoms with Gasteiger partial charge in [0.15, 0.2) is 0 Å². The lowest BCUT2D eigenvalue weighted by Crippen LogP contribution is -2.36. The van der Waals surface area contributed by atoms with E-state index in [0.29, 0.717) is 12.5 Å². The molecule has 0 aliphatic heterocycles. The van der Waals surface area contributed by atoms with E-state index in [2.05, 4.69) is 4.90 Å². The lowest BCUT2D eigenvalue weighted by molar-refractivity contribution is -0.119. The van der Waals surface area contributed by atoms with Crippen molar-refractivity contribution in [3.8, 4) is 0 Å². The van der Waals surface area contributed by atoms with Crippen LogP contribution in [0, 0.1) is 5.92 Å². The zero-order valence-corrected chi connectivity index (χ0v) is 11.3. The predicted octanol–water partition coefficient (Wildman–Crippen LogP) is 1.75. The molecule has 1 aliphatic rings. The zero-order chi connectivity index (χ0) is 13.7. The number of nitrogens with two attached hydrogens (primary N) is 2. The van der Waals surface area contributed by atoms with Gasteiger partial charge in [-0.2, -0.15) is 0 Å². The van der Waals surface area contributed by atoms with Crippen LogP contribution in [0.2, 0.25) is 0 Å². The van der Waals surface area contributed by atoms with Crippen LogP contribution in [0.15, 0.2) is 24.3 Å². The molecule has 0 saturated heterocycles. The van der Waals surface area contributed by atoms with Crippen molar-refractivity contribution >= 4 is 11.6 Å². The summed E-state index contributed by atoms with van der Waals surface area (Å²) in [6.45, 7) is 2.02. The van der Waals surface area contributed by atoms with Crippen molar-refractivity contribution < 1.29 is 4.79 Å². The van der Waals surface area contributed by atoms with E-state index in [1.807, 2.05) is 24.3 Å². The molecule has 19 heavy (non-hydrogen) atoms. The molecule has 104 valence electrons. The quantitative estimate of drug-likeness (QED) is 0.766. The number of amides is 1. The molecule has 1 fully saturated rings. The number of benzene rings is 1. The molecule has 1 aliphatic carbocycles. The Morgan fingerprint density at radius 3 is 2.68 bits per heavy atom. The van der Waals surface area contributed by atoms with Gasteiger partial charge in [-0.1, -0.05) is 25.0 Å². The maximum absolute atomic E-state index is 11.2. The van der Waals surface area contributed by atoms with E-state index in [1.165, 1.54) is 25.7 Å². The molecule has 0 bridgehead atoms. The Balaban J connectivity index is 1.98. The van der Waals surface area contributed by atoms with Gasteiger partial charge in [0.1, 0.15) is 0 Å². The van der Waals surface area contributed by atoms with Crippen LogP contribution >= 0.6 is 0 Å². The third-order valence-electron chi connectivity index (χ3n) is 3.73. The summed E-state index contributed by atoms with van der Waals surface area (Å²) in [4.78, 5) is 13.3. The van der Waals surface area contributed by atoms with Crippen molar-refractivity contribution in [3.05, 3.63) is 29.8 Å². The number of rotatable bonds is 6. The van der Waals surface area contributed by atoms with Crippen LogP contribution in [0.3, 0.4) is 0 Å². The fraction of sp³-hybridized carbons (Fsp3) is 0.533. The van der Waals surface area contributed by atoms with Crippen molar-refractivity contribution in [3.63, 3.8) is 0 Å². The fourth-order valence-electron chi connectivity index (χ4n) is 2.91. The van der Waals surface area contributed by atoms with Crippen molar-refractivity contribution in [1.29, 1.82) is 0 Å². The first-order chi connectivity index (χ1) is 9.13. The van der Waals surface area contributed by atoms with E-state index in [4.69, 9.17) is 11.5 Å². The van der Waals surface area contributed by atoms with Crippen LogP contribution in [-0.4, -0.2) is 23.9 Å². The molecule has 1 amide bonds. The number of nitrogens with zero attached hydrogens (tertiary/aromatic N) is 1. The number of carbonyl (C=O) groups excluding carboxylic acids is 1. The normalized spacial score (nSPS) is 16.1. The van der Waals surface area contributed by atoms with E-state index < -0.39 is 0 Å². The van der Waals surface area contributed by atoms with Crippen molar-refractivity contribution in [1.82, 2.24) is 4.90 Å². The van der Waals surface area contributed by atoms with Gasteiger partial charge in [0.25, 0.3) is 0 Å². The summed E-state index contributed by atoms with van der Waals surface area (Å²) in [5.41, 5.74) is 13.0. The van der Waals surface area contributed by atoms with Crippen LogP contribution < -0.4 is 11.5 Å². The first-order valence-corrected chi connectivity index (χ1v) is 6.98. The van der Waals surface area contributed by atoms with Crippen LogP contribution in [0.1, 0.15) is 31.2 Å². The minimum Gasteiger partial charge on any atom is -0.399 e. The number of nitrogen functional groups attached to an aromatic ring is 1. The Bertz CT molecular complexity index is 427. The second kappa shape index (κ2) is 6.57. The van der Waals surface area contributed by atoms with Crippen LogP contribution in [0.4, 0.5) is 5.69 Å². The average Bonchev–Trinajstić information content (AvgIpc) is 2.80. The number of hydrogen-bond acceptors (Lipinski definition) is 3. The van der Waals surface area contributed by atoms with Gasteiger partial charge in [0.05, 0.1) is 6.54 Å². The largest absolute Gasteiger partial charge is 0.399 e. The van der Waals surface area contributed by atoms with E-state index >= 15 is 0 Å². The first kappa shape index (κ1) is 13.9. The topological polar surface area (TPSA) is 72.4 Å². The van der Waals surface area contributed by atoms with E-state index in [1.54, 1.807) is 0 Å². The van der Waals surface area contributed by atoms with Crippen molar-refractivity contribution in [2.75, 3.05) is 18.8 Å². The minimum atomic E-state index is -0.262. The highest BCUT2D eigenvalue weighted by molar-refractivity contribution is 5.75. The molecule has 0 aromatic heterocycles. The smallest absolute Gasteiger partial charge is 0.231 e. The molecular formula is C15H23N3O. The average molecular weight is 261 g/mol. The van der Waals surface area contributed by atoms with Crippen molar-refractivity contribution in [2.24, 2.45) is 11.7 Å². The molecule has 1 aromatic carbocycles. The second-order valence-electron chi connectivity index (χ2n) is 5.53. The fourth-order valence-corrected chi connectivity index (χ4v) is 2.91. The SMILES string of the molecule is NC(=O)CN(Cc1cccc(N)c1)CC1CCCC1. The van der Waals surface area contributed by atoms with Gasteiger partial charge in [-0.25, -0.2) is 0 Å². The highest BCUT2D eigenvalue weighted by Gasteiger charge is 2.19. The maximum Gasteiger partial charge on any atom is 0.231 e. The van der Waals surface area contributed by atoms with E-state index in [0.717, 1.165) is 24.3 Å². The Hall–Kier alpha value is -1.55. The summed E-state index contributed by atoms with van der Waals surface area (Å²) < 4.78 is 0. The van der Waals surface area contributed by atoms with Gasteiger partial charge < -0.3 is 11.5 Å².